The van der Waals surface area contributed by atoms with Crippen LogP contribution in [0, 0.1) is 6.92 Å². The van der Waals surface area contributed by atoms with Gasteiger partial charge in [0, 0.05) is 5.69 Å². The number of rotatable bonds is 6. The number of carbonyl (C=O) groups is 2. The molecule has 144 valence electrons. The first kappa shape index (κ1) is 19.2. The Hall–Kier alpha value is -3.61. The molecular formula is C21H21N3O4. The number of ether oxygens (including phenoxy) is 2. The molecule has 0 fully saturated rings. The molecule has 3 rings (SSSR count). The van der Waals surface area contributed by atoms with Crippen LogP contribution in [-0.2, 0) is 16.1 Å². The minimum Gasteiger partial charge on any atom is -0.461 e. The first-order valence-corrected chi connectivity index (χ1v) is 8.88. The zero-order chi connectivity index (χ0) is 19.9. The van der Waals surface area contributed by atoms with Crippen molar-refractivity contribution in [3.8, 4) is 0 Å². The van der Waals surface area contributed by atoms with Crippen LogP contribution in [0.4, 0.5) is 16.4 Å². The second kappa shape index (κ2) is 8.85. The van der Waals surface area contributed by atoms with E-state index in [1.54, 1.807) is 6.92 Å². The molecule has 0 aliphatic carbocycles. The van der Waals surface area contributed by atoms with Gasteiger partial charge in [-0.3, -0.25) is 0 Å². The lowest BCUT2D eigenvalue weighted by atomic mass is 10.2. The van der Waals surface area contributed by atoms with E-state index < -0.39 is 12.1 Å². The van der Waals surface area contributed by atoms with Gasteiger partial charge in [0.05, 0.1) is 12.8 Å². The minimum atomic E-state index is -0.723. The Labute approximate surface area is 162 Å². The van der Waals surface area contributed by atoms with Gasteiger partial charge in [-0.25, -0.2) is 19.1 Å². The van der Waals surface area contributed by atoms with Gasteiger partial charge in [0.1, 0.15) is 6.61 Å². The highest BCUT2D eigenvalue weighted by Crippen LogP contribution is 2.19. The molecule has 1 heterocycles. The van der Waals surface area contributed by atoms with Crippen LogP contribution < -0.4 is 5.32 Å². The number of nitrogens with zero attached hydrogens (tertiary/aromatic N) is 2. The second-order valence-electron chi connectivity index (χ2n) is 6.05. The number of nitrogens with one attached hydrogen (secondary N) is 1. The Morgan fingerprint density at radius 1 is 1.04 bits per heavy atom. The van der Waals surface area contributed by atoms with Crippen LogP contribution in [0.15, 0.2) is 60.8 Å². The molecule has 1 aromatic heterocycles. The quantitative estimate of drug-likeness (QED) is 0.643. The van der Waals surface area contributed by atoms with Gasteiger partial charge in [-0.15, -0.1) is 0 Å². The van der Waals surface area contributed by atoms with E-state index in [-0.39, 0.29) is 24.9 Å². The molecule has 2 aromatic carbocycles. The summed E-state index contributed by atoms with van der Waals surface area (Å²) in [6.07, 6.45) is 0.567. The number of hydrogen-bond acceptors (Lipinski definition) is 6. The number of carbonyl (C=O) groups excluding carboxylic acids is 2. The van der Waals surface area contributed by atoms with Crippen LogP contribution in [0.5, 0.6) is 0 Å². The second-order valence-corrected chi connectivity index (χ2v) is 6.05. The van der Waals surface area contributed by atoms with Crippen molar-refractivity contribution >= 4 is 23.7 Å². The van der Waals surface area contributed by atoms with E-state index in [0.717, 1.165) is 21.4 Å². The molecule has 0 unspecified atom stereocenters. The molecule has 1 N–H and O–H groups in total. The lowest BCUT2D eigenvalue weighted by molar-refractivity contribution is 0.0511. The molecule has 0 saturated heterocycles. The molecule has 28 heavy (non-hydrogen) atoms. The van der Waals surface area contributed by atoms with Crippen molar-refractivity contribution in [2.24, 2.45) is 0 Å². The molecule has 0 bridgehead atoms. The zero-order valence-electron chi connectivity index (χ0n) is 15.7. The summed E-state index contributed by atoms with van der Waals surface area (Å²) in [5.74, 6) is -0.478. The third-order valence-electron chi connectivity index (χ3n) is 3.94. The Morgan fingerprint density at radius 3 is 2.43 bits per heavy atom. The van der Waals surface area contributed by atoms with Crippen LogP contribution in [0.3, 0.4) is 0 Å². The van der Waals surface area contributed by atoms with Crippen LogP contribution >= 0.6 is 0 Å². The van der Waals surface area contributed by atoms with Crippen LogP contribution in [0.1, 0.15) is 28.5 Å². The highest BCUT2D eigenvalue weighted by molar-refractivity contribution is 5.93. The van der Waals surface area contributed by atoms with Gasteiger partial charge in [0.25, 0.3) is 0 Å². The van der Waals surface area contributed by atoms with Crippen molar-refractivity contribution in [2.45, 2.75) is 20.5 Å². The van der Waals surface area contributed by atoms with Crippen molar-refractivity contribution in [2.75, 3.05) is 11.9 Å². The Balaban J connectivity index is 1.86. The third kappa shape index (κ3) is 4.56. The van der Waals surface area contributed by atoms with Crippen LogP contribution in [-0.4, -0.2) is 28.2 Å². The molecule has 0 aliphatic heterocycles. The lowest BCUT2D eigenvalue weighted by Gasteiger charge is -2.12. The highest BCUT2D eigenvalue weighted by Gasteiger charge is 2.24. The van der Waals surface area contributed by atoms with Gasteiger partial charge < -0.3 is 14.8 Å². The summed E-state index contributed by atoms with van der Waals surface area (Å²) in [6.45, 7) is 3.93. The molecule has 0 aliphatic rings. The van der Waals surface area contributed by atoms with E-state index in [1.807, 2.05) is 61.5 Å². The molecule has 0 atom stereocenters. The summed E-state index contributed by atoms with van der Waals surface area (Å²) in [5, 5.41) is 3.04. The topological polar surface area (TPSA) is 82.5 Å². The molecule has 0 spiro atoms. The summed E-state index contributed by atoms with van der Waals surface area (Å²) in [7, 11) is 0. The molecular weight excluding hydrogens is 358 g/mol. The van der Waals surface area contributed by atoms with Crippen LogP contribution in [0.2, 0.25) is 0 Å². The van der Waals surface area contributed by atoms with Gasteiger partial charge in [0.15, 0.2) is 5.69 Å². The maximum atomic E-state index is 12.7. The number of aromatic nitrogens is 2. The number of esters is 1. The summed E-state index contributed by atoms with van der Waals surface area (Å²) < 4.78 is 11.5. The zero-order valence-corrected chi connectivity index (χ0v) is 15.7. The van der Waals surface area contributed by atoms with E-state index in [0.29, 0.717) is 0 Å². The summed E-state index contributed by atoms with van der Waals surface area (Å²) >= 11 is 0. The maximum Gasteiger partial charge on any atom is 0.421 e. The average Bonchev–Trinajstić information content (AvgIpc) is 3.12. The van der Waals surface area contributed by atoms with Crippen molar-refractivity contribution in [3.63, 3.8) is 0 Å². The van der Waals surface area contributed by atoms with Crippen molar-refractivity contribution in [1.29, 1.82) is 0 Å². The predicted molar refractivity (Wildman–Crippen MR) is 105 cm³/mol. The molecule has 3 aromatic rings. The fourth-order valence-electron chi connectivity index (χ4n) is 2.52. The third-order valence-corrected chi connectivity index (χ3v) is 3.94. The largest absolute Gasteiger partial charge is 0.461 e. The van der Waals surface area contributed by atoms with Crippen molar-refractivity contribution in [3.05, 3.63) is 77.6 Å². The fraction of sp³-hybridized carbons (Fsp3) is 0.190. The Kier molecular flexibility index (Phi) is 6.06. The SMILES string of the molecule is CCOC(=O)c1cnc(Nc2ccc(C)cc2)n1C(=O)OCc1ccccc1. The number of imidazole rings is 1. The monoisotopic (exact) mass is 379 g/mol. The van der Waals surface area contributed by atoms with Gasteiger partial charge in [-0.1, -0.05) is 48.0 Å². The number of benzene rings is 2. The normalized spacial score (nSPS) is 10.4. The van der Waals surface area contributed by atoms with E-state index in [2.05, 4.69) is 10.3 Å². The smallest absolute Gasteiger partial charge is 0.421 e. The first-order valence-electron chi connectivity index (χ1n) is 8.88. The van der Waals surface area contributed by atoms with E-state index in [4.69, 9.17) is 9.47 Å². The Morgan fingerprint density at radius 2 is 1.75 bits per heavy atom. The predicted octanol–water partition coefficient (Wildman–Crippen LogP) is 4.30. The molecule has 0 radical (unpaired) electrons. The standard InChI is InChI=1S/C21H21N3O4/c1-3-27-19(25)18-13-22-20(23-17-11-9-15(2)10-12-17)24(18)21(26)28-14-16-7-5-4-6-8-16/h4-13H,3,14H2,1-2H3,(H,22,23). The van der Waals surface area contributed by atoms with E-state index in [1.165, 1.54) is 6.20 Å². The van der Waals surface area contributed by atoms with Gasteiger partial charge in [-0.05, 0) is 31.5 Å². The lowest BCUT2D eigenvalue weighted by Crippen LogP contribution is -2.21. The van der Waals surface area contributed by atoms with Crippen molar-refractivity contribution < 1.29 is 19.1 Å². The van der Waals surface area contributed by atoms with E-state index >= 15 is 0 Å². The molecule has 7 nitrogen and oxygen atoms in total. The molecule has 0 amide bonds. The minimum absolute atomic E-state index is 0.00507. The summed E-state index contributed by atoms with van der Waals surface area (Å²) in [6, 6.07) is 16.8. The molecule has 7 heteroatoms. The Bertz CT molecular complexity index is 950. The van der Waals surface area contributed by atoms with Gasteiger partial charge in [0.2, 0.25) is 5.95 Å². The number of aryl methyl sites for hydroxylation is 1. The summed E-state index contributed by atoms with van der Waals surface area (Å²) in [5.41, 5.74) is 2.66. The molecule has 0 saturated carbocycles. The van der Waals surface area contributed by atoms with Gasteiger partial charge >= 0.3 is 12.1 Å². The number of anilines is 2. The fourth-order valence-corrected chi connectivity index (χ4v) is 2.52. The number of hydrogen-bond donors (Lipinski definition) is 1. The van der Waals surface area contributed by atoms with Gasteiger partial charge in [-0.2, -0.15) is 0 Å². The van der Waals surface area contributed by atoms with E-state index in [9.17, 15) is 9.59 Å². The summed E-state index contributed by atoms with van der Waals surface area (Å²) in [4.78, 5) is 29.1. The highest BCUT2D eigenvalue weighted by atomic mass is 16.6. The maximum absolute atomic E-state index is 12.7. The first-order chi connectivity index (χ1) is 13.6. The van der Waals surface area contributed by atoms with Crippen LogP contribution in [0.25, 0.3) is 0 Å². The van der Waals surface area contributed by atoms with Crippen molar-refractivity contribution in [1.82, 2.24) is 9.55 Å². The average molecular weight is 379 g/mol.